The van der Waals surface area contributed by atoms with Crippen LogP contribution in [-0.2, 0) is 23.8 Å². The number of ether oxygens (including phenoxy) is 3. The van der Waals surface area contributed by atoms with E-state index in [2.05, 4.69) is 93.7 Å². The summed E-state index contributed by atoms with van der Waals surface area (Å²) in [5.74, 6) is -0.421. The molecule has 0 aromatic rings. The predicted molar refractivity (Wildman–Crippen MR) is 270 cm³/mol. The van der Waals surface area contributed by atoms with Gasteiger partial charge < -0.3 is 14.2 Å². The first-order chi connectivity index (χ1) is 30.6. The first-order valence-electron chi connectivity index (χ1n) is 26.5. The Hall–Kier alpha value is -2.66. The largest absolute Gasteiger partial charge is 0.462 e. The first kappa shape index (κ1) is 59.3. The molecule has 358 valence electrons. The molecule has 0 rings (SSSR count). The van der Waals surface area contributed by atoms with Crippen molar-refractivity contribution in [3.63, 3.8) is 0 Å². The third-order valence-electron chi connectivity index (χ3n) is 11.2. The van der Waals surface area contributed by atoms with Gasteiger partial charge in [0, 0.05) is 19.4 Å². The van der Waals surface area contributed by atoms with Crippen LogP contribution in [0.25, 0.3) is 0 Å². The highest BCUT2D eigenvalue weighted by molar-refractivity contribution is 5.70. The fourth-order valence-electron chi connectivity index (χ4n) is 7.24. The van der Waals surface area contributed by atoms with Gasteiger partial charge in [0.05, 0.1) is 6.61 Å². The maximum Gasteiger partial charge on any atom is 0.306 e. The van der Waals surface area contributed by atoms with E-state index in [1.165, 1.54) is 128 Å². The summed E-state index contributed by atoms with van der Waals surface area (Å²) in [5, 5.41) is 0. The number of hydrogen-bond donors (Lipinski definition) is 0. The molecule has 0 aliphatic rings. The van der Waals surface area contributed by atoms with E-state index in [1.807, 2.05) is 0 Å². The van der Waals surface area contributed by atoms with Crippen LogP contribution >= 0.6 is 0 Å². The van der Waals surface area contributed by atoms with Crippen LogP contribution in [0.1, 0.15) is 252 Å². The molecule has 1 unspecified atom stereocenters. The molecule has 0 saturated heterocycles. The molecule has 0 fully saturated rings. The van der Waals surface area contributed by atoms with Gasteiger partial charge in [0.1, 0.15) is 6.61 Å². The Balaban J connectivity index is 4.27. The number of allylic oxidation sites excluding steroid dienone is 12. The van der Waals surface area contributed by atoms with E-state index >= 15 is 0 Å². The lowest BCUT2D eigenvalue weighted by Gasteiger charge is -2.18. The lowest BCUT2D eigenvalue weighted by atomic mass is 10.1. The molecular formula is C57H100O5. The van der Waals surface area contributed by atoms with E-state index in [0.29, 0.717) is 19.4 Å². The van der Waals surface area contributed by atoms with Crippen LogP contribution in [0.2, 0.25) is 0 Å². The summed E-state index contributed by atoms with van der Waals surface area (Å²) in [5.41, 5.74) is 0. The van der Waals surface area contributed by atoms with Crippen LogP contribution in [0.15, 0.2) is 72.9 Å². The van der Waals surface area contributed by atoms with Gasteiger partial charge in [-0.3, -0.25) is 9.59 Å². The van der Waals surface area contributed by atoms with Crippen LogP contribution in [0.5, 0.6) is 0 Å². The Labute approximate surface area is 385 Å². The smallest absolute Gasteiger partial charge is 0.306 e. The Morgan fingerprint density at radius 2 is 0.742 bits per heavy atom. The van der Waals surface area contributed by atoms with Gasteiger partial charge in [-0.25, -0.2) is 0 Å². The van der Waals surface area contributed by atoms with Crippen molar-refractivity contribution in [2.75, 3.05) is 19.8 Å². The van der Waals surface area contributed by atoms with Gasteiger partial charge in [0.2, 0.25) is 0 Å². The normalized spacial score (nSPS) is 12.8. The number of carbonyl (C=O) groups is 2. The maximum absolute atomic E-state index is 12.8. The van der Waals surface area contributed by atoms with E-state index < -0.39 is 6.10 Å². The molecule has 0 amide bonds. The molecule has 0 aliphatic carbocycles. The van der Waals surface area contributed by atoms with Crippen molar-refractivity contribution >= 4 is 11.9 Å². The molecule has 0 aromatic carbocycles. The highest BCUT2D eigenvalue weighted by Gasteiger charge is 2.17. The maximum atomic E-state index is 12.8. The van der Waals surface area contributed by atoms with Crippen molar-refractivity contribution in [1.82, 2.24) is 0 Å². The Bertz CT molecular complexity index is 1110. The fourth-order valence-corrected chi connectivity index (χ4v) is 7.24. The second-order valence-electron chi connectivity index (χ2n) is 17.4. The average molecular weight is 865 g/mol. The minimum Gasteiger partial charge on any atom is -0.462 e. The molecular weight excluding hydrogens is 765 g/mol. The van der Waals surface area contributed by atoms with E-state index in [4.69, 9.17) is 14.2 Å². The highest BCUT2D eigenvalue weighted by atomic mass is 16.6. The summed E-state index contributed by atoms with van der Waals surface area (Å²) >= 11 is 0. The van der Waals surface area contributed by atoms with Crippen LogP contribution in [0.4, 0.5) is 0 Å². The summed E-state index contributed by atoms with van der Waals surface area (Å²) in [6, 6.07) is 0. The molecule has 0 heterocycles. The topological polar surface area (TPSA) is 61.8 Å². The molecule has 62 heavy (non-hydrogen) atoms. The van der Waals surface area contributed by atoms with E-state index in [9.17, 15) is 9.59 Å². The zero-order valence-corrected chi connectivity index (χ0v) is 41.1. The summed E-state index contributed by atoms with van der Waals surface area (Å²) in [7, 11) is 0. The summed E-state index contributed by atoms with van der Waals surface area (Å²) in [4.78, 5) is 25.4. The second-order valence-corrected chi connectivity index (χ2v) is 17.4. The third-order valence-corrected chi connectivity index (χ3v) is 11.2. The van der Waals surface area contributed by atoms with Crippen molar-refractivity contribution in [3.05, 3.63) is 72.9 Å². The van der Waals surface area contributed by atoms with Gasteiger partial charge in [-0.2, -0.15) is 0 Å². The van der Waals surface area contributed by atoms with E-state index in [-0.39, 0.29) is 25.2 Å². The van der Waals surface area contributed by atoms with Gasteiger partial charge >= 0.3 is 11.9 Å². The first-order valence-corrected chi connectivity index (χ1v) is 26.5. The Morgan fingerprint density at radius 1 is 0.371 bits per heavy atom. The minimum atomic E-state index is -0.553. The van der Waals surface area contributed by atoms with E-state index in [1.54, 1.807) is 0 Å². The van der Waals surface area contributed by atoms with Gasteiger partial charge in [-0.05, 0) is 103 Å². The molecule has 1 atom stereocenters. The number of unbranched alkanes of at least 4 members (excludes halogenated alkanes) is 25. The third kappa shape index (κ3) is 50.0. The Morgan fingerprint density at radius 3 is 1.23 bits per heavy atom. The monoisotopic (exact) mass is 865 g/mol. The zero-order valence-electron chi connectivity index (χ0n) is 41.1. The molecule has 0 N–H and O–H groups in total. The lowest BCUT2D eigenvalue weighted by Crippen LogP contribution is -2.30. The van der Waals surface area contributed by atoms with Gasteiger partial charge in [-0.15, -0.1) is 0 Å². The van der Waals surface area contributed by atoms with Crippen molar-refractivity contribution in [2.24, 2.45) is 0 Å². The molecule has 5 heteroatoms. The Kier molecular flexibility index (Phi) is 50.4. The predicted octanol–water partition coefficient (Wildman–Crippen LogP) is 17.9. The molecule has 0 spiro atoms. The minimum absolute atomic E-state index is 0.0705. The quantitative estimate of drug-likeness (QED) is 0.0346. The van der Waals surface area contributed by atoms with Crippen LogP contribution in [0.3, 0.4) is 0 Å². The molecule has 5 nitrogen and oxygen atoms in total. The summed E-state index contributed by atoms with van der Waals surface area (Å²) in [6.45, 7) is 7.63. The standard InChI is InChI=1S/C57H100O5/c1-4-7-10-13-16-19-22-24-26-28-30-32-34-37-40-43-46-49-52-60-53-55(62-57(59)51-48-45-42-39-35-21-18-15-12-9-6-3)54-61-56(58)50-47-44-41-38-36-33-31-29-27-25-23-20-17-14-11-8-5-2/h7,10,15-16,18-19,24-27,30,32,55H,4-6,8-9,11-14,17,20-23,28-29,31,33-54H2,1-3H3/b10-7-,18-15-,19-16-,26-24-,27-25-,32-30-. The van der Waals surface area contributed by atoms with Gasteiger partial charge in [0.25, 0.3) is 0 Å². The van der Waals surface area contributed by atoms with Crippen LogP contribution < -0.4 is 0 Å². The van der Waals surface area contributed by atoms with Gasteiger partial charge in [-0.1, -0.05) is 209 Å². The molecule has 0 radical (unpaired) electrons. The molecule has 0 aliphatic heterocycles. The van der Waals surface area contributed by atoms with Crippen molar-refractivity contribution in [1.29, 1.82) is 0 Å². The van der Waals surface area contributed by atoms with Gasteiger partial charge in [0.15, 0.2) is 6.10 Å². The highest BCUT2D eigenvalue weighted by Crippen LogP contribution is 2.14. The SMILES string of the molecule is CC/C=C\C/C=C\C/C=C\C/C=C\CCCCCCCOCC(COC(=O)CCCCCCCCC/C=C\CCCCCCCC)OC(=O)CCCCCCC/C=C\CCCC. The number of carbonyl (C=O) groups excluding carboxylic acids is 2. The lowest BCUT2D eigenvalue weighted by molar-refractivity contribution is -0.163. The van der Waals surface area contributed by atoms with Crippen LogP contribution in [0, 0.1) is 0 Å². The van der Waals surface area contributed by atoms with E-state index in [0.717, 1.165) is 89.9 Å². The second kappa shape index (κ2) is 52.7. The zero-order chi connectivity index (χ0) is 44.9. The summed E-state index contributed by atoms with van der Waals surface area (Å²) in [6.07, 6.45) is 67.7. The number of rotatable bonds is 48. The number of esters is 2. The molecule has 0 saturated carbocycles. The van der Waals surface area contributed by atoms with Crippen molar-refractivity contribution in [3.8, 4) is 0 Å². The summed E-state index contributed by atoms with van der Waals surface area (Å²) < 4.78 is 17.4. The molecule has 0 bridgehead atoms. The van der Waals surface area contributed by atoms with Crippen molar-refractivity contribution in [2.45, 2.75) is 258 Å². The number of hydrogen-bond acceptors (Lipinski definition) is 5. The fraction of sp³-hybridized carbons (Fsp3) is 0.754. The average Bonchev–Trinajstić information content (AvgIpc) is 3.27. The van der Waals surface area contributed by atoms with Crippen molar-refractivity contribution < 1.29 is 23.8 Å². The molecule has 0 aromatic heterocycles. The van der Waals surface area contributed by atoms with Crippen LogP contribution in [-0.4, -0.2) is 37.9 Å².